The Morgan fingerprint density at radius 1 is 1.18 bits per heavy atom. The molecule has 0 aliphatic heterocycles. The van der Waals surface area contributed by atoms with Gasteiger partial charge in [-0.2, -0.15) is 5.10 Å². The van der Waals surface area contributed by atoms with Crippen LogP contribution in [0.15, 0.2) is 47.3 Å². The number of carbonyl (C=O) groups is 2. The number of methoxy groups -OCH3 is 1. The van der Waals surface area contributed by atoms with Crippen molar-refractivity contribution >= 4 is 39.9 Å². The Labute approximate surface area is 165 Å². The maximum Gasteiger partial charge on any atom is 0.275 e. The smallest absolute Gasteiger partial charge is 0.275 e. The molecule has 9 heteroatoms. The Balaban J connectivity index is 1.97. The SMILES string of the molecule is CNC(=O)c1nn(CC(=O)Nc2cc(Cl)ccc2OC)c(=O)c2ccccc12. The fraction of sp³-hybridized carbons (Fsp3) is 0.158. The van der Waals surface area contributed by atoms with Crippen LogP contribution in [0.5, 0.6) is 5.75 Å². The molecule has 0 bridgehead atoms. The van der Waals surface area contributed by atoms with Gasteiger partial charge in [0.2, 0.25) is 5.91 Å². The number of benzene rings is 2. The lowest BCUT2D eigenvalue weighted by Crippen LogP contribution is -2.33. The molecule has 1 heterocycles. The molecule has 3 rings (SSSR count). The first-order valence-corrected chi connectivity index (χ1v) is 8.67. The summed E-state index contributed by atoms with van der Waals surface area (Å²) in [5.74, 6) is -0.558. The number of nitrogens with zero attached hydrogens (tertiary/aromatic N) is 2. The molecule has 2 N–H and O–H groups in total. The zero-order valence-electron chi connectivity index (χ0n) is 15.2. The summed E-state index contributed by atoms with van der Waals surface area (Å²) in [6.07, 6.45) is 0. The predicted octanol–water partition coefficient (Wildman–Crippen LogP) is 2.06. The van der Waals surface area contributed by atoms with E-state index in [1.165, 1.54) is 20.2 Å². The molecule has 2 aromatic carbocycles. The van der Waals surface area contributed by atoms with Crippen LogP contribution in [0.2, 0.25) is 5.02 Å². The van der Waals surface area contributed by atoms with Crippen molar-refractivity contribution in [1.82, 2.24) is 15.1 Å². The molecule has 0 aliphatic rings. The minimum absolute atomic E-state index is 0.0610. The largest absolute Gasteiger partial charge is 0.495 e. The third kappa shape index (κ3) is 3.81. The molecule has 0 saturated carbocycles. The van der Waals surface area contributed by atoms with Gasteiger partial charge < -0.3 is 15.4 Å². The number of halogens is 1. The molecule has 0 saturated heterocycles. The summed E-state index contributed by atoms with van der Waals surface area (Å²) in [7, 11) is 2.93. The average molecular weight is 401 g/mol. The third-order valence-electron chi connectivity index (χ3n) is 4.04. The van der Waals surface area contributed by atoms with Crippen LogP contribution in [0, 0.1) is 0 Å². The van der Waals surface area contributed by atoms with Gasteiger partial charge in [-0.05, 0) is 24.3 Å². The van der Waals surface area contributed by atoms with E-state index in [2.05, 4.69) is 15.7 Å². The molecular weight excluding hydrogens is 384 g/mol. The lowest BCUT2D eigenvalue weighted by atomic mass is 10.1. The highest BCUT2D eigenvalue weighted by molar-refractivity contribution is 6.31. The van der Waals surface area contributed by atoms with Gasteiger partial charge in [-0.3, -0.25) is 14.4 Å². The molecule has 0 fully saturated rings. The van der Waals surface area contributed by atoms with Gasteiger partial charge in [0, 0.05) is 17.5 Å². The number of anilines is 1. The van der Waals surface area contributed by atoms with Crippen molar-refractivity contribution in [3.63, 3.8) is 0 Å². The maximum absolute atomic E-state index is 12.7. The second-order valence-corrected chi connectivity index (χ2v) is 6.27. The number of fused-ring (bicyclic) bond motifs is 1. The van der Waals surface area contributed by atoms with Crippen LogP contribution >= 0.6 is 11.6 Å². The van der Waals surface area contributed by atoms with E-state index < -0.39 is 17.4 Å². The van der Waals surface area contributed by atoms with E-state index in [0.29, 0.717) is 27.2 Å². The summed E-state index contributed by atoms with van der Waals surface area (Å²) < 4.78 is 6.15. The highest BCUT2D eigenvalue weighted by Crippen LogP contribution is 2.27. The van der Waals surface area contributed by atoms with Gasteiger partial charge in [-0.1, -0.05) is 29.8 Å². The van der Waals surface area contributed by atoms with Gasteiger partial charge >= 0.3 is 0 Å². The van der Waals surface area contributed by atoms with E-state index in [1.807, 2.05) is 0 Å². The van der Waals surface area contributed by atoms with Gasteiger partial charge in [0.25, 0.3) is 11.5 Å². The second kappa shape index (κ2) is 8.10. The van der Waals surface area contributed by atoms with Gasteiger partial charge in [-0.15, -0.1) is 0 Å². The number of nitrogens with one attached hydrogen (secondary N) is 2. The van der Waals surface area contributed by atoms with Crippen LogP contribution in [-0.4, -0.2) is 35.8 Å². The summed E-state index contributed by atoms with van der Waals surface area (Å²) in [5, 5.41) is 10.3. The van der Waals surface area contributed by atoms with Crippen LogP contribution < -0.4 is 20.9 Å². The van der Waals surface area contributed by atoms with Crippen molar-refractivity contribution in [3.05, 3.63) is 63.5 Å². The number of amides is 2. The summed E-state index contributed by atoms with van der Waals surface area (Å²) in [5.41, 5.74) is -0.0531. The highest BCUT2D eigenvalue weighted by atomic mass is 35.5. The second-order valence-electron chi connectivity index (χ2n) is 5.83. The molecule has 2 amide bonds. The number of hydrogen-bond donors (Lipinski definition) is 2. The number of aromatic nitrogens is 2. The van der Waals surface area contributed by atoms with Crippen LogP contribution in [0.25, 0.3) is 10.8 Å². The van der Waals surface area contributed by atoms with Gasteiger partial charge in [0.05, 0.1) is 18.2 Å². The quantitative estimate of drug-likeness (QED) is 0.682. The van der Waals surface area contributed by atoms with E-state index in [4.69, 9.17) is 16.3 Å². The van der Waals surface area contributed by atoms with E-state index in [0.717, 1.165) is 4.68 Å². The number of carbonyl (C=O) groups excluding carboxylic acids is 2. The first-order chi connectivity index (χ1) is 13.4. The first-order valence-electron chi connectivity index (χ1n) is 8.30. The molecule has 0 atom stereocenters. The monoisotopic (exact) mass is 400 g/mol. The first kappa shape index (κ1) is 19.4. The summed E-state index contributed by atoms with van der Waals surface area (Å²) in [6.45, 7) is -0.386. The van der Waals surface area contributed by atoms with Crippen LogP contribution in [0.1, 0.15) is 10.5 Å². The minimum Gasteiger partial charge on any atom is -0.495 e. The molecule has 144 valence electrons. The van der Waals surface area contributed by atoms with Crippen molar-refractivity contribution in [3.8, 4) is 5.75 Å². The van der Waals surface area contributed by atoms with Gasteiger partial charge in [-0.25, -0.2) is 4.68 Å². The average Bonchev–Trinajstić information content (AvgIpc) is 2.69. The van der Waals surface area contributed by atoms with Crippen molar-refractivity contribution < 1.29 is 14.3 Å². The summed E-state index contributed by atoms with van der Waals surface area (Å²) in [6, 6.07) is 11.4. The molecule has 1 aromatic heterocycles. The van der Waals surface area contributed by atoms with Gasteiger partial charge in [0.15, 0.2) is 5.69 Å². The topological polar surface area (TPSA) is 102 Å². The number of hydrogen-bond acceptors (Lipinski definition) is 5. The van der Waals surface area contributed by atoms with Gasteiger partial charge in [0.1, 0.15) is 12.3 Å². The van der Waals surface area contributed by atoms with Crippen molar-refractivity contribution in [2.75, 3.05) is 19.5 Å². The standard InChI is InChI=1S/C19H17ClN4O4/c1-21-18(26)17-12-5-3-4-6-13(12)19(27)24(23-17)10-16(25)22-14-9-11(20)7-8-15(14)28-2/h3-9H,10H2,1-2H3,(H,21,26)(H,22,25). The van der Waals surface area contributed by atoms with Crippen LogP contribution in [0.4, 0.5) is 5.69 Å². The Bertz CT molecular complexity index is 1130. The highest BCUT2D eigenvalue weighted by Gasteiger charge is 2.17. The Morgan fingerprint density at radius 2 is 1.89 bits per heavy atom. The number of rotatable bonds is 5. The third-order valence-corrected chi connectivity index (χ3v) is 4.27. The zero-order valence-corrected chi connectivity index (χ0v) is 15.9. The predicted molar refractivity (Wildman–Crippen MR) is 106 cm³/mol. The van der Waals surface area contributed by atoms with Crippen molar-refractivity contribution in [2.24, 2.45) is 0 Å². The minimum atomic E-state index is -0.520. The Hall–Kier alpha value is -3.39. The molecule has 0 radical (unpaired) electrons. The Morgan fingerprint density at radius 3 is 2.57 bits per heavy atom. The van der Waals surface area contributed by atoms with Crippen molar-refractivity contribution in [1.29, 1.82) is 0 Å². The Kier molecular flexibility index (Phi) is 5.60. The normalized spacial score (nSPS) is 10.5. The summed E-state index contributed by atoms with van der Waals surface area (Å²) >= 11 is 5.96. The number of ether oxygens (including phenoxy) is 1. The molecule has 8 nitrogen and oxygen atoms in total. The zero-order chi connectivity index (χ0) is 20.3. The molecule has 0 aliphatic carbocycles. The molecule has 0 spiro atoms. The van der Waals surface area contributed by atoms with E-state index in [9.17, 15) is 14.4 Å². The van der Waals surface area contributed by atoms with E-state index in [1.54, 1.807) is 36.4 Å². The fourth-order valence-electron chi connectivity index (χ4n) is 2.73. The van der Waals surface area contributed by atoms with Crippen molar-refractivity contribution in [2.45, 2.75) is 6.54 Å². The molecular formula is C19H17ClN4O4. The lowest BCUT2D eigenvalue weighted by Gasteiger charge is -2.12. The van der Waals surface area contributed by atoms with E-state index >= 15 is 0 Å². The molecule has 3 aromatic rings. The van der Waals surface area contributed by atoms with Crippen LogP contribution in [-0.2, 0) is 11.3 Å². The lowest BCUT2D eigenvalue weighted by molar-refractivity contribution is -0.117. The molecule has 28 heavy (non-hydrogen) atoms. The van der Waals surface area contributed by atoms with E-state index in [-0.39, 0.29) is 12.2 Å². The summed E-state index contributed by atoms with van der Waals surface area (Å²) in [4.78, 5) is 37.4. The van der Waals surface area contributed by atoms with Crippen LogP contribution in [0.3, 0.4) is 0 Å². The maximum atomic E-state index is 12.7. The fourth-order valence-corrected chi connectivity index (χ4v) is 2.90. The molecule has 0 unspecified atom stereocenters.